The van der Waals surface area contributed by atoms with E-state index >= 15 is 0 Å². The second-order valence-electron chi connectivity index (χ2n) is 5.32. The summed E-state index contributed by atoms with van der Waals surface area (Å²) in [6, 6.07) is 1.91. The highest BCUT2D eigenvalue weighted by Gasteiger charge is 2.57. The van der Waals surface area contributed by atoms with Crippen molar-refractivity contribution in [3.8, 4) is 6.07 Å². The number of hydrogen-bond acceptors (Lipinski definition) is 11. The molecular formula is C13H17N5O6S. The standard InChI is InChI=1S/C13H17N5O6S/c14-5-13(18-2-1-8(16)17-12(18)22)10(20)9(19)7(24-13)3-23-11(21)6(15)4-25/h1-2,6-7,9-10,19-20,25H,3-4,15H2,(H2,16,17,22)/t6-,7-,9?,10?,13-/m1/s1. The molecule has 5 atom stereocenters. The molecule has 0 bridgehead atoms. The summed E-state index contributed by atoms with van der Waals surface area (Å²) in [7, 11) is 0. The first-order valence-electron chi connectivity index (χ1n) is 7.10. The Morgan fingerprint density at radius 2 is 2.32 bits per heavy atom. The summed E-state index contributed by atoms with van der Waals surface area (Å²) in [6.07, 6.45) is -3.57. The number of anilines is 1. The molecule has 1 aromatic rings. The fraction of sp³-hybridized carbons (Fsp3) is 0.538. The summed E-state index contributed by atoms with van der Waals surface area (Å²) in [5.74, 6) is -0.834. The lowest BCUT2D eigenvalue weighted by molar-refractivity contribution is -0.154. The van der Waals surface area contributed by atoms with Crippen molar-refractivity contribution >= 4 is 24.4 Å². The number of nitrogens with two attached hydrogens (primary N) is 2. The molecule has 2 unspecified atom stereocenters. The van der Waals surface area contributed by atoms with Gasteiger partial charge >= 0.3 is 11.7 Å². The van der Waals surface area contributed by atoms with Gasteiger partial charge in [0.25, 0.3) is 5.72 Å². The Kier molecular flexibility index (Phi) is 5.65. The summed E-state index contributed by atoms with van der Waals surface area (Å²) in [6.45, 7) is -0.487. The van der Waals surface area contributed by atoms with E-state index in [1.54, 1.807) is 6.07 Å². The Morgan fingerprint density at radius 1 is 1.64 bits per heavy atom. The van der Waals surface area contributed by atoms with Crippen LogP contribution in [0.5, 0.6) is 0 Å². The fourth-order valence-electron chi connectivity index (χ4n) is 2.30. The van der Waals surface area contributed by atoms with Crippen LogP contribution in [-0.2, 0) is 20.0 Å². The molecule has 1 saturated heterocycles. The van der Waals surface area contributed by atoms with Crippen molar-refractivity contribution in [2.24, 2.45) is 5.73 Å². The van der Waals surface area contributed by atoms with Gasteiger partial charge in [-0.1, -0.05) is 0 Å². The predicted molar refractivity (Wildman–Crippen MR) is 86.2 cm³/mol. The number of ether oxygens (including phenoxy) is 2. The summed E-state index contributed by atoms with van der Waals surface area (Å²) in [4.78, 5) is 27.0. The van der Waals surface area contributed by atoms with Crippen LogP contribution in [0.1, 0.15) is 0 Å². The van der Waals surface area contributed by atoms with Gasteiger partial charge in [0.05, 0.1) is 0 Å². The highest BCUT2D eigenvalue weighted by Crippen LogP contribution is 2.34. The molecule has 1 fully saturated rings. The molecule has 2 heterocycles. The van der Waals surface area contributed by atoms with Crippen molar-refractivity contribution in [3.05, 3.63) is 22.7 Å². The Labute approximate surface area is 147 Å². The van der Waals surface area contributed by atoms with E-state index in [0.717, 1.165) is 6.20 Å². The second kappa shape index (κ2) is 7.38. The molecule has 6 N–H and O–H groups in total. The average molecular weight is 371 g/mol. The molecule has 0 amide bonds. The molecule has 0 aliphatic carbocycles. The quantitative estimate of drug-likeness (QED) is 0.262. The summed E-state index contributed by atoms with van der Waals surface area (Å²) in [5.41, 5.74) is 7.63. The van der Waals surface area contributed by atoms with Gasteiger partial charge in [-0.3, -0.25) is 9.36 Å². The van der Waals surface area contributed by atoms with Gasteiger partial charge in [0.1, 0.15) is 42.8 Å². The van der Waals surface area contributed by atoms with Crippen LogP contribution in [0.25, 0.3) is 0 Å². The molecule has 1 aliphatic rings. The monoisotopic (exact) mass is 371 g/mol. The zero-order valence-electron chi connectivity index (χ0n) is 12.8. The van der Waals surface area contributed by atoms with E-state index in [2.05, 4.69) is 17.6 Å². The minimum atomic E-state index is -2.25. The third kappa shape index (κ3) is 3.46. The van der Waals surface area contributed by atoms with Crippen LogP contribution in [0.3, 0.4) is 0 Å². The number of esters is 1. The maximum absolute atomic E-state index is 12.0. The van der Waals surface area contributed by atoms with E-state index in [9.17, 15) is 25.1 Å². The summed E-state index contributed by atoms with van der Waals surface area (Å²) < 4.78 is 11.0. The lowest BCUT2D eigenvalue weighted by Crippen LogP contribution is -2.49. The lowest BCUT2D eigenvalue weighted by Gasteiger charge is -2.26. The first-order chi connectivity index (χ1) is 11.8. The van der Waals surface area contributed by atoms with Gasteiger partial charge in [0.2, 0.25) is 0 Å². The number of nitriles is 1. The van der Waals surface area contributed by atoms with Crippen molar-refractivity contribution < 1.29 is 24.5 Å². The zero-order valence-corrected chi connectivity index (χ0v) is 13.7. The van der Waals surface area contributed by atoms with Crippen LogP contribution < -0.4 is 17.2 Å². The Bertz CT molecular complexity index is 751. The molecule has 1 aliphatic heterocycles. The third-order valence-electron chi connectivity index (χ3n) is 3.67. The molecule has 0 aromatic carbocycles. The molecule has 25 heavy (non-hydrogen) atoms. The number of hydrogen-bond donors (Lipinski definition) is 5. The fourth-order valence-corrected chi connectivity index (χ4v) is 2.45. The van der Waals surface area contributed by atoms with Gasteiger partial charge in [-0.05, 0) is 6.07 Å². The molecule has 0 saturated carbocycles. The van der Waals surface area contributed by atoms with Gasteiger partial charge < -0.3 is 31.2 Å². The highest BCUT2D eigenvalue weighted by molar-refractivity contribution is 7.80. The van der Waals surface area contributed by atoms with Crippen molar-refractivity contribution in [1.29, 1.82) is 5.26 Å². The maximum Gasteiger partial charge on any atom is 0.352 e. The number of rotatable bonds is 5. The molecule has 0 spiro atoms. The zero-order chi connectivity index (χ0) is 18.8. The smallest absolute Gasteiger partial charge is 0.352 e. The van der Waals surface area contributed by atoms with Crippen LogP contribution in [0.2, 0.25) is 0 Å². The van der Waals surface area contributed by atoms with Crippen LogP contribution in [0, 0.1) is 11.3 Å². The second-order valence-corrected chi connectivity index (χ2v) is 5.69. The highest BCUT2D eigenvalue weighted by atomic mass is 32.1. The van der Waals surface area contributed by atoms with Crippen molar-refractivity contribution in [1.82, 2.24) is 9.55 Å². The van der Waals surface area contributed by atoms with E-state index in [0.29, 0.717) is 4.57 Å². The number of thiol groups is 1. The van der Waals surface area contributed by atoms with E-state index < -0.39 is 48.3 Å². The van der Waals surface area contributed by atoms with Crippen molar-refractivity contribution in [3.63, 3.8) is 0 Å². The Morgan fingerprint density at radius 3 is 2.88 bits per heavy atom. The maximum atomic E-state index is 12.0. The first-order valence-corrected chi connectivity index (χ1v) is 7.74. The Hall–Kier alpha value is -2.17. The molecule has 11 nitrogen and oxygen atoms in total. The minimum absolute atomic E-state index is 0.0458. The van der Waals surface area contributed by atoms with Gasteiger partial charge in [0.15, 0.2) is 0 Å². The normalized spacial score (nSPS) is 29.8. The predicted octanol–water partition coefficient (Wildman–Crippen LogP) is -3.08. The van der Waals surface area contributed by atoms with Gasteiger partial charge in [-0.25, -0.2) is 4.79 Å². The van der Waals surface area contributed by atoms with Gasteiger partial charge in [-0.15, -0.1) is 0 Å². The number of carbonyl (C=O) groups excluding carboxylic acids is 1. The van der Waals surface area contributed by atoms with Crippen LogP contribution >= 0.6 is 12.6 Å². The summed E-state index contributed by atoms with van der Waals surface area (Å²) in [5, 5.41) is 29.8. The SMILES string of the molecule is N#C[C@@]1(n2ccc(N)nc2=O)O[C@H](COC(=O)[C@H](N)CS)C(O)C1O. The van der Waals surface area contributed by atoms with Crippen LogP contribution in [-0.4, -0.2) is 62.4 Å². The number of aliphatic hydroxyl groups excluding tert-OH is 2. The average Bonchev–Trinajstić information content (AvgIpc) is 2.84. The van der Waals surface area contributed by atoms with Crippen molar-refractivity contribution in [2.75, 3.05) is 18.1 Å². The van der Waals surface area contributed by atoms with Gasteiger partial charge in [-0.2, -0.15) is 22.9 Å². The number of carbonyl (C=O) groups is 1. The van der Waals surface area contributed by atoms with Crippen molar-refractivity contribution in [2.45, 2.75) is 30.1 Å². The van der Waals surface area contributed by atoms with E-state index in [-0.39, 0.29) is 11.6 Å². The minimum Gasteiger partial charge on any atom is -0.462 e. The molecule has 12 heteroatoms. The number of aromatic nitrogens is 2. The molecule has 2 rings (SSSR count). The van der Waals surface area contributed by atoms with E-state index in [4.69, 9.17) is 20.9 Å². The van der Waals surface area contributed by atoms with Crippen LogP contribution in [0.4, 0.5) is 5.82 Å². The van der Waals surface area contributed by atoms with Gasteiger partial charge in [0, 0.05) is 11.9 Å². The van der Waals surface area contributed by atoms with E-state index in [1.807, 2.05) is 0 Å². The van der Waals surface area contributed by atoms with E-state index in [1.165, 1.54) is 6.07 Å². The topological polar surface area (TPSA) is 187 Å². The number of nitrogen functional groups attached to an aromatic ring is 1. The molecule has 0 radical (unpaired) electrons. The number of aliphatic hydroxyl groups is 2. The lowest BCUT2D eigenvalue weighted by atomic mass is 10.0. The Balaban J connectivity index is 2.26. The molecule has 1 aromatic heterocycles. The molecular weight excluding hydrogens is 354 g/mol. The van der Waals surface area contributed by atoms with Crippen LogP contribution in [0.15, 0.2) is 17.1 Å². The third-order valence-corrected chi connectivity index (χ3v) is 4.06. The summed E-state index contributed by atoms with van der Waals surface area (Å²) >= 11 is 3.85. The molecule has 136 valence electrons. The first kappa shape index (κ1) is 19.2. The largest absolute Gasteiger partial charge is 0.462 e. The number of nitrogens with zero attached hydrogens (tertiary/aromatic N) is 3.